The minimum absolute atomic E-state index is 0.138. The van der Waals surface area contributed by atoms with Crippen LogP contribution in [0, 0.1) is 5.92 Å². The molecule has 4 nitrogen and oxygen atoms in total. The van der Waals surface area contributed by atoms with Crippen molar-refractivity contribution < 1.29 is 27.5 Å². The Morgan fingerprint density at radius 1 is 1.05 bits per heavy atom. The topological polar surface area (TPSA) is 55.4 Å². The summed E-state index contributed by atoms with van der Waals surface area (Å²) >= 11 is 0. The Morgan fingerprint density at radius 2 is 1.55 bits per heavy atom. The summed E-state index contributed by atoms with van der Waals surface area (Å²) in [5.74, 6) is -2.64. The number of carbonyl (C=O) groups excluding carboxylic acids is 2. The number of hydrogen-bond donors (Lipinski definition) is 1. The molecular weight excluding hydrogens is 275 g/mol. The Bertz CT molecular complexity index is 366. The molecule has 1 N–H and O–H groups in total. The Kier molecular flexibility index (Phi) is 5.05. The summed E-state index contributed by atoms with van der Waals surface area (Å²) in [5, 5.41) is 2.62. The zero-order valence-electron chi connectivity index (χ0n) is 11.8. The monoisotopic (exact) mass is 295 g/mol. The van der Waals surface area contributed by atoms with E-state index in [1.165, 1.54) is 0 Å². The van der Waals surface area contributed by atoms with E-state index in [1.807, 2.05) is 0 Å². The quantitative estimate of drug-likeness (QED) is 0.851. The highest BCUT2D eigenvalue weighted by Gasteiger charge is 2.44. The van der Waals surface area contributed by atoms with Crippen molar-refractivity contribution in [3.8, 4) is 0 Å². The number of halogens is 3. The van der Waals surface area contributed by atoms with E-state index in [0.29, 0.717) is 12.8 Å². The number of nitrogens with one attached hydrogen (secondary N) is 1. The average molecular weight is 295 g/mol. The molecule has 0 unspecified atom stereocenters. The molecule has 1 aliphatic carbocycles. The number of Topliss-reactive ketones (excluding diaryl/α,β-unsaturated/α-hetero) is 1. The first-order valence-electron chi connectivity index (χ1n) is 6.59. The normalized spacial score (nSPS) is 24.1. The fourth-order valence-electron chi connectivity index (χ4n) is 2.21. The van der Waals surface area contributed by atoms with Crippen LogP contribution in [0.4, 0.5) is 18.0 Å². The van der Waals surface area contributed by atoms with Crippen molar-refractivity contribution in [1.29, 1.82) is 0 Å². The first kappa shape index (κ1) is 16.8. The lowest BCUT2D eigenvalue weighted by Crippen LogP contribution is -2.42. The molecule has 1 saturated carbocycles. The summed E-state index contributed by atoms with van der Waals surface area (Å²) in [6.07, 6.45) is -4.37. The van der Waals surface area contributed by atoms with Crippen LogP contribution in [0.1, 0.15) is 46.5 Å². The highest BCUT2D eigenvalue weighted by molar-refractivity contribution is 5.86. The molecule has 1 fully saturated rings. The van der Waals surface area contributed by atoms with Crippen LogP contribution in [0.15, 0.2) is 0 Å². The van der Waals surface area contributed by atoms with Crippen molar-refractivity contribution in [2.24, 2.45) is 5.92 Å². The summed E-state index contributed by atoms with van der Waals surface area (Å²) in [7, 11) is 0. The maximum absolute atomic E-state index is 12.3. The Hall–Kier alpha value is -1.27. The van der Waals surface area contributed by atoms with Gasteiger partial charge in [-0.25, -0.2) is 4.79 Å². The molecular formula is C13H20F3NO3. The van der Waals surface area contributed by atoms with E-state index in [-0.39, 0.29) is 18.9 Å². The van der Waals surface area contributed by atoms with Gasteiger partial charge in [0.1, 0.15) is 5.60 Å². The molecule has 0 spiro atoms. The van der Waals surface area contributed by atoms with Crippen molar-refractivity contribution in [3.63, 3.8) is 0 Å². The van der Waals surface area contributed by atoms with Crippen LogP contribution < -0.4 is 5.32 Å². The van der Waals surface area contributed by atoms with E-state index in [4.69, 9.17) is 4.74 Å². The number of hydrogen-bond acceptors (Lipinski definition) is 3. The lowest BCUT2D eigenvalue weighted by atomic mass is 9.83. The Morgan fingerprint density at radius 3 is 1.95 bits per heavy atom. The third-order valence-electron chi connectivity index (χ3n) is 3.10. The van der Waals surface area contributed by atoms with Gasteiger partial charge in [-0.05, 0) is 46.5 Å². The van der Waals surface area contributed by atoms with Gasteiger partial charge in [0, 0.05) is 12.0 Å². The third-order valence-corrected chi connectivity index (χ3v) is 3.10. The van der Waals surface area contributed by atoms with Crippen LogP contribution in [-0.4, -0.2) is 29.7 Å². The molecule has 0 aromatic rings. The van der Waals surface area contributed by atoms with Crippen LogP contribution in [0.25, 0.3) is 0 Å². The second-order valence-electron chi connectivity index (χ2n) is 6.06. The van der Waals surface area contributed by atoms with Crippen molar-refractivity contribution in [2.45, 2.75) is 64.3 Å². The van der Waals surface area contributed by atoms with Crippen LogP contribution in [0.2, 0.25) is 0 Å². The molecule has 0 radical (unpaired) electrons. The predicted octanol–water partition coefficient (Wildman–Crippen LogP) is 3.20. The van der Waals surface area contributed by atoms with Crippen LogP contribution >= 0.6 is 0 Å². The molecule has 1 rings (SSSR count). The molecule has 0 saturated heterocycles. The number of alkyl halides is 3. The van der Waals surface area contributed by atoms with Crippen LogP contribution in [0.3, 0.4) is 0 Å². The maximum Gasteiger partial charge on any atom is 0.450 e. The van der Waals surface area contributed by atoms with Gasteiger partial charge in [-0.15, -0.1) is 0 Å². The zero-order chi connectivity index (χ0) is 15.6. The Labute approximate surface area is 116 Å². The second kappa shape index (κ2) is 6.01. The molecule has 0 aromatic carbocycles. The number of ether oxygens (including phenoxy) is 1. The highest BCUT2D eigenvalue weighted by Crippen LogP contribution is 2.31. The van der Waals surface area contributed by atoms with Crippen molar-refractivity contribution >= 4 is 11.9 Å². The fraction of sp³-hybridized carbons (Fsp3) is 0.846. The minimum atomic E-state index is -4.77. The van der Waals surface area contributed by atoms with Gasteiger partial charge in [0.2, 0.25) is 5.78 Å². The lowest BCUT2D eigenvalue weighted by Gasteiger charge is -2.29. The lowest BCUT2D eigenvalue weighted by molar-refractivity contribution is -0.176. The smallest absolute Gasteiger partial charge is 0.444 e. The van der Waals surface area contributed by atoms with Crippen molar-refractivity contribution in [2.75, 3.05) is 0 Å². The summed E-state index contributed by atoms with van der Waals surface area (Å²) in [6, 6.07) is -0.234. The molecule has 0 aromatic heterocycles. The van der Waals surface area contributed by atoms with E-state index in [1.54, 1.807) is 20.8 Å². The van der Waals surface area contributed by atoms with Gasteiger partial charge < -0.3 is 10.1 Å². The zero-order valence-corrected chi connectivity index (χ0v) is 11.8. The van der Waals surface area contributed by atoms with Gasteiger partial charge in [0.15, 0.2) is 0 Å². The molecule has 0 aliphatic heterocycles. The van der Waals surface area contributed by atoms with E-state index < -0.39 is 29.6 Å². The minimum Gasteiger partial charge on any atom is -0.444 e. The molecule has 7 heteroatoms. The first-order chi connectivity index (χ1) is 8.99. The molecule has 0 atom stereocenters. The highest BCUT2D eigenvalue weighted by atomic mass is 19.4. The number of carbonyl (C=O) groups is 2. The molecule has 1 amide bonds. The number of ketones is 1. The summed E-state index contributed by atoms with van der Waals surface area (Å²) in [5.41, 5.74) is -0.618. The second-order valence-corrected chi connectivity index (χ2v) is 6.06. The molecule has 116 valence electrons. The summed E-state index contributed by atoms with van der Waals surface area (Å²) < 4.78 is 41.9. The standard InChI is InChI=1S/C13H20F3NO3/c1-12(2,3)20-11(19)17-9-6-4-8(5-7-9)10(18)13(14,15)16/h8-9H,4-7H2,1-3H3,(H,17,19). The predicted molar refractivity (Wildman–Crippen MR) is 66.2 cm³/mol. The number of rotatable bonds is 2. The molecule has 20 heavy (non-hydrogen) atoms. The van der Waals surface area contributed by atoms with Crippen LogP contribution in [-0.2, 0) is 9.53 Å². The van der Waals surface area contributed by atoms with Gasteiger partial charge >= 0.3 is 12.3 Å². The third kappa shape index (κ3) is 5.38. The van der Waals surface area contributed by atoms with E-state index in [0.717, 1.165) is 0 Å². The fourth-order valence-corrected chi connectivity index (χ4v) is 2.21. The van der Waals surface area contributed by atoms with Gasteiger partial charge in [-0.1, -0.05) is 0 Å². The number of alkyl carbamates (subject to hydrolysis) is 1. The van der Waals surface area contributed by atoms with Gasteiger partial charge in [-0.3, -0.25) is 4.79 Å². The SMILES string of the molecule is CC(C)(C)OC(=O)NC1CCC(C(=O)C(F)(F)F)CC1. The van der Waals surface area contributed by atoms with Gasteiger partial charge in [0.25, 0.3) is 0 Å². The van der Waals surface area contributed by atoms with E-state index in [9.17, 15) is 22.8 Å². The number of amides is 1. The van der Waals surface area contributed by atoms with E-state index in [2.05, 4.69) is 5.32 Å². The van der Waals surface area contributed by atoms with Crippen molar-refractivity contribution in [3.05, 3.63) is 0 Å². The summed E-state index contributed by atoms with van der Waals surface area (Å²) in [6.45, 7) is 5.18. The van der Waals surface area contributed by atoms with Crippen LogP contribution in [0.5, 0.6) is 0 Å². The molecule has 0 bridgehead atoms. The first-order valence-corrected chi connectivity index (χ1v) is 6.59. The van der Waals surface area contributed by atoms with Gasteiger partial charge in [-0.2, -0.15) is 13.2 Å². The maximum atomic E-state index is 12.3. The Balaban J connectivity index is 2.40. The van der Waals surface area contributed by atoms with Gasteiger partial charge in [0.05, 0.1) is 0 Å². The summed E-state index contributed by atoms with van der Waals surface area (Å²) in [4.78, 5) is 22.6. The molecule has 1 aliphatic rings. The molecule has 0 heterocycles. The van der Waals surface area contributed by atoms with Crippen molar-refractivity contribution in [1.82, 2.24) is 5.32 Å². The average Bonchev–Trinajstić information content (AvgIpc) is 2.25. The largest absolute Gasteiger partial charge is 0.450 e. The van der Waals surface area contributed by atoms with E-state index >= 15 is 0 Å².